The summed E-state index contributed by atoms with van der Waals surface area (Å²) >= 11 is 11.9. The Morgan fingerprint density at radius 3 is 2.47 bits per heavy atom. The molecule has 19 heavy (non-hydrogen) atoms. The van der Waals surface area contributed by atoms with Crippen LogP contribution in [0.2, 0.25) is 10.0 Å². The van der Waals surface area contributed by atoms with Gasteiger partial charge in [0.15, 0.2) is 0 Å². The lowest BCUT2D eigenvalue weighted by atomic mass is 9.95. The van der Waals surface area contributed by atoms with Crippen LogP contribution >= 0.6 is 23.2 Å². The fraction of sp³-hybridized carbons (Fsp3) is 0.143. The van der Waals surface area contributed by atoms with Crippen molar-refractivity contribution in [3.8, 4) is 0 Å². The van der Waals surface area contributed by atoms with Gasteiger partial charge in [-0.1, -0.05) is 35.3 Å². The summed E-state index contributed by atoms with van der Waals surface area (Å²) in [6.45, 7) is 1.90. The Kier molecular flexibility index (Phi) is 4.42. The molecule has 5 heteroatoms. The van der Waals surface area contributed by atoms with Gasteiger partial charge in [-0.05, 0) is 47.9 Å². The fourth-order valence-corrected chi connectivity index (χ4v) is 2.29. The van der Waals surface area contributed by atoms with Gasteiger partial charge in [0.05, 0.1) is 16.1 Å². The van der Waals surface area contributed by atoms with Crippen LogP contribution in [0.1, 0.15) is 22.7 Å². The van der Waals surface area contributed by atoms with Crippen molar-refractivity contribution >= 4 is 23.2 Å². The minimum absolute atomic E-state index is 0.305. The second-order valence-corrected chi connectivity index (χ2v) is 5.09. The number of hydrogen-bond acceptors (Lipinski definition) is 2. The molecule has 1 unspecified atom stereocenters. The highest BCUT2D eigenvalue weighted by Gasteiger charge is 2.16. The summed E-state index contributed by atoms with van der Waals surface area (Å²) in [5.74, 6) is 5.29. The van der Waals surface area contributed by atoms with Crippen LogP contribution in [0.4, 0.5) is 4.39 Å². The van der Waals surface area contributed by atoms with Crippen molar-refractivity contribution in [3.05, 3.63) is 69.0 Å². The first-order valence-corrected chi connectivity index (χ1v) is 6.45. The molecule has 1 atom stereocenters. The molecule has 0 spiro atoms. The lowest BCUT2D eigenvalue weighted by molar-refractivity contribution is 0.603. The van der Waals surface area contributed by atoms with E-state index in [1.165, 1.54) is 12.1 Å². The minimum atomic E-state index is -0.342. The largest absolute Gasteiger partial charge is 0.271 e. The molecule has 0 saturated heterocycles. The third kappa shape index (κ3) is 3.07. The van der Waals surface area contributed by atoms with E-state index in [4.69, 9.17) is 29.0 Å². The Bertz CT molecular complexity index is 602. The first-order valence-electron chi connectivity index (χ1n) is 5.70. The van der Waals surface area contributed by atoms with Gasteiger partial charge in [0, 0.05) is 0 Å². The van der Waals surface area contributed by atoms with Crippen LogP contribution in [0.15, 0.2) is 36.4 Å². The Balaban J connectivity index is 2.49. The van der Waals surface area contributed by atoms with Gasteiger partial charge in [-0.3, -0.25) is 5.84 Å². The molecule has 0 aliphatic carbocycles. The van der Waals surface area contributed by atoms with Crippen LogP contribution in [-0.4, -0.2) is 0 Å². The number of rotatable bonds is 3. The first kappa shape index (κ1) is 14.3. The smallest absolute Gasteiger partial charge is 0.123 e. The third-order valence-corrected chi connectivity index (χ3v) is 3.73. The van der Waals surface area contributed by atoms with Crippen molar-refractivity contribution in [3.63, 3.8) is 0 Å². The number of hydrazine groups is 1. The van der Waals surface area contributed by atoms with Crippen LogP contribution in [0.5, 0.6) is 0 Å². The van der Waals surface area contributed by atoms with Crippen LogP contribution in [0.25, 0.3) is 0 Å². The lowest BCUT2D eigenvalue weighted by Gasteiger charge is -2.19. The lowest BCUT2D eigenvalue weighted by Crippen LogP contribution is -2.29. The number of nitrogens with two attached hydrogens (primary N) is 1. The molecule has 0 heterocycles. The molecule has 0 aliphatic heterocycles. The van der Waals surface area contributed by atoms with Crippen LogP contribution < -0.4 is 11.3 Å². The Hall–Kier alpha value is -1.13. The monoisotopic (exact) mass is 298 g/mol. The van der Waals surface area contributed by atoms with Gasteiger partial charge in [0.2, 0.25) is 0 Å². The van der Waals surface area contributed by atoms with E-state index >= 15 is 0 Å². The van der Waals surface area contributed by atoms with Crippen molar-refractivity contribution in [2.75, 3.05) is 0 Å². The van der Waals surface area contributed by atoms with E-state index in [9.17, 15) is 4.39 Å². The maximum Gasteiger partial charge on any atom is 0.123 e. The van der Waals surface area contributed by atoms with E-state index in [0.29, 0.717) is 10.0 Å². The molecule has 0 fully saturated rings. The minimum Gasteiger partial charge on any atom is -0.271 e. The molecule has 0 amide bonds. The number of aryl methyl sites for hydroxylation is 1. The second-order valence-electron chi connectivity index (χ2n) is 4.27. The topological polar surface area (TPSA) is 38.0 Å². The molecular formula is C14H13Cl2FN2. The molecule has 2 aromatic rings. The summed E-state index contributed by atoms with van der Waals surface area (Å²) in [6.07, 6.45) is 0. The SMILES string of the molecule is Cc1ccc(F)cc1C(NN)c1ccc(Cl)c(Cl)c1. The van der Waals surface area contributed by atoms with Crippen LogP contribution in [0, 0.1) is 12.7 Å². The Morgan fingerprint density at radius 2 is 1.84 bits per heavy atom. The van der Waals surface area contributed by atoms with Crippen molar-refractivity contribution < 1.29 is 4.39 Å². The van der Waals surface area contributed by atoms with Gasteiger partial charge in [-0.25, -0.2) is 9.82 Å². The Labute approximate surface area is 121 Å². The quantitative estimate of drug-likeness (QED) is 0.664. The summed E-state index contributed by atoms with van der Waals surface area (Å²) in [7, 11) is 0. The highest BCUT2D eigenvalue weighted by atomic mass is 35.5. The van der Waals surface area contributed by atoms with Crippen molar-refractivity contribution in [2.24, 2.45) is 5.84 Å². The average Bonchev–Trinajstić information content (AvgIpc) is 2.38. The van der Waals surface area contributed by atoms with Crippen molar-refractivity contribution in [1.29, 1.82) is 0 Å². The number of halogens is 3. The molecule has 0 radical (unpaired) electrons. The molecule has 0 saturated carbocycles. The van der Waals surface area contributed by atoms with Crippen LogP contribution in [0.3, 0.4) is 0 Å². The van der Waals surface area contributed by atoms with Gasteiger partial charge >= 0.3 is 0 Å². The maximum absolute atomic E-state index is 13.4. The molecule has 2 nitrogen and oxygen atoms in total. The zero-order valence-electron chi connectivity index (χ0n) is 10.3. The predicted octanol–water partition coefficient (Wildman–Crippen LogP) is 3.99. The summed E-state index contributed by atoms with van der Waals surface area (Å²) in [6, 6.07) is 9.47. The first-order chi connectivity index (χ1) is 9.02. The molecule has 3 N–H and O–H groups in total. The molecule has 0 bridgehead atoms. The molecule has 2 rings (SSSR count). The predicted molar refractivity (Wildman–Crippen MR) is 76.8 cm³/mol. The van der Waals surface area contributed by atoms with E-state index in [0.717, 1.165) is 16.7 Å². The fourth-order valence-electron chi connectivity index (χ4n) is 1.98. The van der Waals surface area contributed by atoms with Crippen LogP contribution in [-0.2, 0) is 0 Å². The van der Waals surface area contributed by atoms with Gasteiger partial charge in [0.25, 0.3) is 0 Å². The third-order valence-electron chi connectivity index (χ3n) is 3.00. The molecule has 0 aromatic heterocycles. The van der Waals surface area contributed by atoms with Gasteiger partial charge < -0.3 is 0 Å². The summed E-state index contributed by atoms with van der Waals surface area (Å²) in [5, 5.41) is 0.908. The zero-order chi connectivity index (χ0) is 14.0. The highest BCUT2D eigenvalue weighted by molar-refractivity contribution is 6.42. The van der Waals surface area contributed by atoms with Gasteiger partial charge in [-0.2, -0.15) is 0 Å². The molecule has 100 valence electrons. The summed E-state index contributed by atoms with van der Waals surface area (Å²) in [5.41, 5.74) is 5.21. The van der Waals surface area contributed by atoms with Crippen molar-refractivity contribution in [1.82, 2.24) is 5.43 Å². The van der Waals surface area contributed by atoms with Crippen molar-refractivity contribution in [2.45, 2.75) is 13.0 Å². The number of benzene rings is 2. The molecule has 0 aliphatic rings. The highest BCUT2D eigenvalue weighted by Crippen LogP contribution is 2.30. The summed E-state index contributed by atoms with van der Waals surface area (Å²) in [4.78, 5) is 0. The second kappa shape index (κ2) is 5.88. The Morgan fingerprint density at radius 1 is 1.11 bits per heavy atom. The van der Waals surface area contributed by atoms with Gasteiger partial charge in [-0.15, -0.1) is 0 Å². The van der Waals surface area contributed by atoms with E-state index in [2.05, 4.69) is 5.43 Å². The average molecular weight is 299 g/mol. The summed E-state index contributed by atoms with van der Waals surface area (Å²) < 4.78 is 13.4. The number of hydrogen-bond donors (Lipinski definition) is 2. The standard InChI is InChI=1S/C14H13Cl2FN2/c1-8-2-4-10(17)7-11(8)14(19-18)9-3-5-12(15)13(16)6-9/h2-7,14,19H,18H2,1H3. The van der Waals surface area contributed by atoms with E-state index in [1.54, 1.807) is 18.2 Å². The van der Waals surface area contributed by atoms with E-state index in [1.807, 2.05) is 13.0 Å². The normalized spacial score (nSPS) is 12.5. The molecule has 2 aromatic carbocycles. The van der Waals surface area contributed by atoms with E-state index in [-0.39, 0.29) is 11.9 Å². The maximum atomic E-state index is 13.4. The van der Waals surface area contributed by atoms with Gasteiger partial charge in [0.1, 0.15) is 5.82 Å². The zero-order valence-corrected chi connectivity index (χ0v) is 11.8. The number of nitrogens with one attached hydrogen (secondary N) is 1. The van der Waals surface area contributed by atoms with E-state index < -0.39 is 0 Å². The molecular weight excluding hydrogens is 286 g/mol.